The van der Waals surface area contributed by atoms with Crippen molar-refractivity contribution in [2.24, 2.45) is 0 Å². The minimum Gasteiger partial charge on any atom is -0.346 e. The number of carbonyl (C=O) groups is 1. The van der Waals surface area contributed by atoms with Gasteiger partial charge in [0.1, 0.15) is 27.9 Å². The minimum atomic E-state index is -4.51. The highest BCUT2D eigenvalue weighted by Crippen LogP contribution is 2.29. The average molecular weight is 446 g/mol. The summed E-state index contributed by atoms with van der Waals surface area (Å²) in [6, 6.07) is 9.23. The first-order chi connectivity index (χ1) is 14.8. The third-order valence-electron chi connectivity index (χ3n) is 4.36. The number of benzene rings is 2. The molecule has 0 bridgehead atoms. The first-order valence-electron chi connectivity index (χ1n) is 8.76. The van der Waals surface area contributed by atoms with Crippen molar-refractivity contribution < 1.29 is 26.4 Å². The molecule has 31 heavy (non-hydrogen) atoms. The molecule has 11 heteroatoms. The van der Waals surface area contributed by atoms with Gasteiger partial charge in [0.15, 0.2) is 5.82 Å². The Labute approximate surface area is 174 Å². The van der Waals surface area contributed by atoms with E-state index in [2.05, 4.69) is 15.3 Å². The van der Waals surface area contributed by atoms with Gasteiger partial charge in [-0.2, -0.15) is 0 Å². The molecule has 2 heterocycles. The van der Waals surface area contributed by atoms with Crippen LogP contribution in [0.25, 0.3) is 11.0 Å². The van der Waals surface area contributed by atoms with Crippen LogP contribution in [0.4, 0.5) is 24.5 Å². The molecule has 1 amide bonds. The quantitative estimate of drug-likeness (QED) is 0.431. The van der Waals surface area contributed by atoms with Crippen LogP contribution in [0.1, 0.15) is 10.4 Å². The highest BCUT2D eigenvalue weighted by Gasteiger charge is 2.23. The Bertz CT molecular complexity index is 1420. The number of H-pyrrole nitrogens is 1. The van der Waals surface area contributed by atoms with E-state index >= 15 is 0 Å². The number of anilines is 2. The molecule has 0 aliphatic rings. The topological polar surface area (TPSA) is 104 Å². The second-order valence-corrected chi connectivity index (χ2v) is 8.06. The second-order valence-electron chi connectivity index (χ2n) is 6.41. The summed E-state index contributed by atoms with van der Waals surface area (Å²) in [4.78, 5) is 18.6. The smallest absolute Gasteiger partial charge is 0.264 e. The first kappa shape index (κ1) is 20.4. The normalized spacial score (nSPS) is 11.5. The Balaban J connectivity index is 1.64. The van der Waals surface area contributed by atoms with E-state index in [4.69, 9.17) is 0 Å². The van der Waals surface area contributed by atoms with E-state index in [0.29, 0.717) is 11.0 Å². The largest absolute Gasteiger partial charge is 0.346 e. The fourth-order valence-electron chi connectivity index (χ4n) is 2.86. The number of nitrogens with one attached hydrogen (secondary N) is 3. The van der Waals surface area contributed by atoms with Crippen molar-refractivity contribution in [3.8, 4) is 0 Å². The number of sulfonamides is 1. The second kappa shape index (κ2) is 7.76. The van der Waals surface area contributed by atoms with Crippen LogP contribution in [-0.4, -0.2) is 24.3 Å². The van der Waals surface area contributed by atoms with Gasteiger partial charge in [-0.05, 0) is 36.4 Å². The van der Waals surface area contributed by atoms with E-state index in [1.807, 2.05) is 4.72 Å². The van der Waals surface area contributed by atoms with Gasteiger partial charge in [-0.1, -0.05) is 12.1 Å². The van der Waals surface area contributed by atoms with E-state index in [1.54, 1.807) is 12.3 Å². The van der Waals surface area contributed by atoms with Gasteiger partial charge in [0.2, 0.25) is 0 Å². The SMILES string of the molecule is O=C(Nc1c(F)ccc(NS(=O)(=O)c2ccccc2F)c1F)c1cnc2[nH]ccc2c1. The van der Waals surface area contributed by atoms with Crippen LogP contribution in [0.5, 0.6) is 0 Å². The molecule has 0 aliphatic carbocycles. The molecule has 0 unspecified atom stereocenters. The summed E-state index contributed by atoms with van der Waals surface area (Å²) in [7, 11) is -4.51. The van der Waals surface area contributed by atoms with Gasteiger partial charge in [0.05, 0.1) is 11.3 Å². The summed E-state index contributed by atoms with van der Waals surface area (Å²) in [6.07, 6.45) is 2.83. The standard InChI is InChI=1S/C20H13F3N4O3S/c21-13-3-1-2-4-16(13)31(29,30)27-15-6-5-14(22)18(17(15)23)26-20(28)12-9-11-7-8-24-19(11)25-10-12/h1-10,27H,(H,24,25)(H,26,28). The van der Waals surface area contributed by atoms with Crippen LogP contribution < -0.4 is 10.0 Å². The number of pyridine rings is 1. The van der Waals surface area contributed by atoms with Crippen molar-refractivity contribution in [1.29, 1.82) is 0 Å². The van der Waals surface area contributed by atoms with Crippen molar-refractivity contribution in [2.45, 2.75) is 4.90 Å². The van der Waals surface area contributed by atoms with Crippen molar-refractivity contribution in [2.75, 3.05) is 10.0 Å². The van der Waals surface area contributed by atoms with Gasteiger partial charge < -0.3 is 10.3 Å². The summed E-state index contributed by atoms with van der Waals surface area (Å²) in [6.45, 7) is 0. The Morgan fingerprint density at radius 3 is 2.55 bits per heavy atom. The van der Waals surface area contributed by atoms with Crippen molar-refractivity contribution in [1.82, 2.24) is 9.97 Å². The number of fused-ring (bicyclic) bond motifs is 1. The summed E-state index contributed by atoms with van der Waals surface area (Å²) in [5.74, 6) is -4.40. The molecule has 0 spiro atoms. The van der Waals surface area contributed by atoms with Crippen LogP contribution in [0.3, 0.4) is 0 Å². The Morgan fingerprint density at radius 1 is 1.00 bits per heavy atom. The van der Waals surface area contributed by atoms with Gasteiger partial charge in [-0.3, -0.25) is 9.52 Å². The molecule has 4 aromatic rings. The van der Waals surface area contributed by atoms with Crippen LogP contribution in [0.15, 0.2) is 65.8 Å². The van der Waals surface area contributed by atoms with Crippen LogP contribution in [-0.2, 0) is 10.0 Å². The molecule has 0 radical (unpaired) electrons. The summed E-state index contributed by atoms with van der Waals surface area (Å²) in [5.41, 5.74) is -0.978. The number of amides is 1. The molecule has 0 saturated carbocycles. The number of aromatic nitrogens is 2. The zero-order valence-electron chi connectivity index (χ0n) is 15.5. The lowest BCUT2D eigenvalue weighted by molar-refractivity contribution is 0.102. The van der Waals surface area contributed by atoms with Crippen molar-refractivity contribution >= 4 is 38.3 Å². The molecular weight excluding hydrogens is 433 g/mol. The maximum Gasteiger partial charge on any atom is 0.264 e. The summed E-state index contributed by atoms with van der Waals surface area (Å²) >= 11 is 0. The van der Waals surface area contributed by atoms with E-state index in [0.717, 1.165) is 24.3 Å². The van der Waals surface area contributed by atoms with Crippen LogP contribution in [0.2, 0.25) is 0 Å². The molecule has 0 fully saturated rings. The van der Waals surface area contributed by atoms with Gasteiger partial charge in [0, 0.05) is 17.8 Å². The first-order valence-corrected chi connectivity index (χ1v) is 10.2. The van der Waals surface area contributed by atoms with Crippen LogP contribution in [0, 0.1) is 17.5 Å². The van der Waals surface area contributed by atoms with Gasteiger partial charge >= 0.3 is 0 Å². The van der Waals surface area contributed by atoms with Gasteiger partial charge in [-0.25, -0.2) is 26.6 Å². The van der Waals surface area contributed by atoms with E-state index in [-0.39, 0.29) is 5.56 Å². The van der Waals surface area contributed by atoms with Crippen LogP contribution >= 0.6 is 0 Å². The molecule has 0 atom stereocenters. The molecular formula is C20H13F3N4O3S. The number of nitrogens with zero attached hydrogens (tertiary/aromatic N) is 1. The molecule has 0 saturated heterocycles. The lowest BCUT2D eigenvalue weighted by Gasteiger charge is -2.13. The van der Waals surface area contributed by atoms with E-state index in [9.17, 15) is 26.4 Å². The zero-order valence-corrected chi connectivity index (χ0v) is 16.3. The lowest BCUT2D eigenvalue weighted by Crippen LogP contribution is -2.18. The molecule has 3 N–H and O–H groups in total. The molecule has 2 aromatic heterocycles. The fraction of sp³-hybridized carbons (Fsp3) is 0. The Hall–Kier alpha value is -3.86. The molecule has 158 valence electrons. The molecule has 4 rings (SSSR count). The zero-order chi connectivity index (χ0) is 22.2. The number of carbonyl (C=O) groups excluding carboxylic acids is 1. The average Bonchev–Trinajstić information content (AvgIpc) is 3.21. The van der Waals surface area contributed by atoms with E-state index in [1.165, 1.54) is 24.4 Å². The van der Waals surface area contributed by atoms with Gasteiger partial charge in [-0.15, -0.1) is 0 Å². The lowest BCUT2D eigenvalue weighted by atomic mass is 10.2. The number of hydrogen-bond donors (Lipinski definition) is 3. The monoisotopic (exact) mass is 446 g/mol. The van der Waals surface area contributed by atoms with Crippen molar-refractivity contribution in [3.63, 3.8) is 0 Å². The van der Waals surface area contributed by atoms with E-state index < -0.39 is 49.7 Å². The Kier molecular flexibility index (Phi) is 5.11. The maximum atomic E-state index is 14.9. The molecule has 2 aromatic carbocycles. The molecule has 0 aliphatic heterocycles. The van der Waals surface area contributed by atoms with Crippen molar-refractivity contribution in [3.05, 3.63) is 83.9 Å². The number of halogens is 3. The van der Waals surface area contributed by atoms with Gasteiger partial charge in [0.25, 0.3) is 15.9 Å². The summed E-state index contributed by atoms with van der Waals surface area (Å²) in [5, 5.41) is 2.69. The molecule has 7 nitrogen and oxygen atoms in total. The predicted octanol–water partition coefficient (Wildman–Crippen LogP) is 4.03. The Morgan fingerprint density at radius 2 is 1.77 bits per heavy atom. The number of hydrogen-bond acceptors (Lipinski definition) is 4. The highest BCUT2D eigenvalue weighted by molar-refractivity contribution is 7.92. The third-order valence-corrected chi connectivity index (χ3v) is 5.76. The fourth-order valence-corrected chi connectivity index (χ4v) is 4.00. The number of aromatic amines is 1. The maximum absolute atomic E-state index is 14.9. The highest BCUT2D eigenvalue weighted by atomic mass is 32.2. The predicted molar refractivity (Wildman–Crippen MR) is 108 cm³/mol. The summed E-state index contributed by atoms with van der Waals surface area (Å²) < 4.78 is 69.6. The third kappa shape index (κ3) is 3.94. The number of rotatable bonds is 5. The minimum absolute atomic E-state index is 0.0308.